The summed E-state index contributed by atoms with van der Waals surface area (Å²) in [5.41, 5.74) is 1.14. The molecule has 0 saturated heterocycles. The van der Waals surface area contributed by atoms with Gasteiger partial charge in [0.2, 0.25) is 5.91 Å². The van der Waals surface area contributed by atoms with Gasteiger partial charge in [-0.05, 0) is 35.9 Å². The number of aromatic nitrogens is 2. The van der Waals surface area contributed by atoms with Crippen molar-refractivity contribution in [1.82, 2.24) is 9.97 Å². The zero-order valence-corrected chi connectivity index (χ0v) is 17.1. The van der Waals surface area contributed by atoms with E-state index in [2.05, 4.69) is 15.3 Å². The minimum absolute atomic E-state index is 0.0631. The summed E-state index contributed by atoms with van der Waals surface area (Å²) in [6.45, 7) is 0.411. The molecule has 8 nitrogen and oxygen atoms in total. The molecule has 3 aromatic rings. The maximum absolute atomic E-state index is 14.2. The van der Waals surface area contributed by atoms with Gasteiger partial charge in [0, 0.05) is 30.9 Å². The van der Waals surface area contributed by atoms with Crippen LogP contribution in [0.1, 0.15) is 6.92 Å². The van der Waals surface area contributed by atoms with Gasteiger partial charge in [0.05, 0.1) is 25.0 Å². The van der Waals surface area contributed by atoms with Crippen molar-refractivity contribution in [2.75, 3.05) is 22.8 Å². The van der Waals surface area contributed by atoms with E-state index < -0.39 is 33.2 Å². The Hall–Kier alpha value is -3.44. The van der Waals surface area contributed by atoms with Crippen LogP contribution in [0.3, 0.4) is 0 Å². The second-order valence-electron chi connectivity index (χ2n) is 6.42. The molecule has 0 unspecified atom stereocenters. The molecule has 0 aliphatic carbocycles. The van der Waals surface area contributed by atoms with Gasteiger partial charge in [-0.3, -0.25) is 14.1 Å². The zero-order chi connectivity index (χ0) is 22.6. The molecule has 3 rings (SSSR count). The lowest BCUT2D eigenvalue weighted by molar-refractivity contribution is -0.114. The molecule has 162 valence electrons. The maximum atomic E-state index is 14.2. The van der Waals surface area contributed by atoms with Crippen LogP contribution in [0.2, 0.25) is 0 Å². The molecule has 0 bridgehead atoms. The Bertz CT molecular complexity index is 1220. The van der Waals surface area contributed by atoms with Crippen LogP contribution < -0.4 is 9.62 Å². The second-order valence-corrected chi connectivity index (χ2v) is 8.25. The van der Waals surface area contributed by atoms with Crippen LogP contribution in [-0.4, -0.2) is 42.6 Å². The highest BCUT2D eigenvalue weighted by Crippen LogP contribution is 2.29. The van der Waals surface area contributed by atoms with Crippen molar-refractivity contribution in [3.63, 3.8) is 0 Å². The Balaban J connectivity index is 2.04. The monoisotopic (exact) mass is 448 g/mol. The lowest BCUT2D eigenvalue weighted by atomic mass is 10.1. The number of hydrogen-bond acceptors (Lipinski definition) is 6. The number of aliphatic hydroxyl groups is 1. The smallest absolute Gasteiger partial charge is 0.267 e. The number of pyridine rings is 2. The number of carbonyl (C=O) groups is 1. The average molecular weight is 448 g/mol. The fourth-order valence-corrected chi connectivity index (χ4v) is 4.35. The van der Waals surface area contributed by atoms with Crippen molar-refractivity contribution in [2.45, 2.75) is 11.8 Å². The fraction of sp³-hybridized carbons (Fsp3) is 0.150. The molecule has 0 saturated carbocycles. The predicted octanol–water partition coefficient (Wildman–Crippen LogP) is 2.57. The molecule has 2 heterocycles. The van der Waals surface area contributed by atoms with E-state index in [9.17, 15) is 27.1 Å². The summed E-state index contributed by atoms with van der Waals surface area (Å²) in [5.74, 6) is -2.18. The SMILES string of the molecule is CC(=O)Nc1cc(-c2cncc(N(CCO)S(=O)(=O)c3ccc(F)cc3F)c2)ccn1. The Morgan fingerprint density at radius 2 is 1.90 bits per heavy atom. The third-order valence-electron chi connectivity index (χ3n) is 4.17. The molecule has 0 spiro atoms. The van der Waals surface area contributed by atoms with Gasteiger partial charge in [-0.15, -0.1) is 0 Å². The van der Waals surface area contributed by atoms with Gasteiger partial charge >= 0.3 is 0 Å². The first-order valence-corrected chi connectivity index (χ1v) is 10.4. The van der Waals surface area contributed by atoms with Crippen LogP contribution >= 0.6 is 0 Å². The highest BCUT2D eigenvalue weighted by molar-refractivity contribution is 7.92. The van der Waals surface area contributed by atoms with Gasteiger partial charge in [-0.2, -0.15) is 0 Å². The number of carbonyl (C=O) groups excluding carboxylic acids is 1. The quantitative estimate of drug-likeness (QED) is 0.575. The fourth-order valence-electron chi connectivity index (χ4n) is 2.86. The van der Waals surface area contributed by atoms with Crippen molar-refractivity contribution in [3.05, 3.63) is 66.6 Å². The van der Waals surface area contributed by atoms with Crippen LogP contribution in [0.25, 0.3) is 11.1 Å². The third kappa shape index (κ3) is 5.01. The minimum atomic E-state index is -4.46. The topological polar surface area (TPSA) is 112 Å². The summed E-state index contributed by atoms with van der Waals surface area (Å²) in [5, 5.41) is 11.9. The molecule has 0 radical (unpaired) electrons. The van der Waals surface area contributed by atoms with Gasteiger partial charge in [0.25, 0.3) is 10.0 Å². The molecule has 2 N–H and O–H groups in total. The molecule has 11 heteroatoms. The molecule has 0 aliphatic heterocycles. The summed E-state index contributed by atoms with van der Waals surface area (Å²) in [7, 11) is -4.46. The lowest BCUT2D eigenvalue weighted by Crippen LogP contribution is -2.34. The van der Waals surface area contributed by atoms with Crippen LogP contribution in [0.5, 0.6) is 0 Å². The number of nitrogens with zero attached hydrogens (tertiary/aromatic N) is 3. The molecule has 0 fully saturated rings. The van der Waals surface area contributed by atoms with Gasteiger partial charge in [0.15, 0.2) is 0 Å². The van der Waals surface area contributed by atoms with E-state index >= 15 is 0 Å². The number of sulfonamides is 1. The molecule has 31 heavy (non-hydrogen) atoms. The molecule has 2 aromatic heterocycles. The molecule has 0 atom stereocenters. The highest BCUT2D eigenvalue weighted by Gasteiger charge is 2.28. The number of rotatable bonds is 7. The standard InChI is InChI=1S/C20H18F2N4O4S/c1-13(28)25-20-9-14(4-5-24-20)15-8-17(12-23-11-15)26(6-7-27)31(29,30)19-3-2-16(21)10-18(19)22/h2-5,8-12,27H,6-7H2,1H3,(H,24,25,28). The minimum Gasteiger partial charge on any atom is -0.394 e. The van der Waals surface area contributed by atoms with Gasteiger partial charge in [0.1, 0.15) is 22.3 Å². The second kappa shape index (κ2) is 9.14. The number of nitrogens with one attached hydrogen (secondary N) is 1. The van der Waals surface area contributed by atoms with E-state index in [0.717, 1.165) is 16.4 Å². The molecule has 1 amide bonds. The molecule has 0 aliphatic rings. The maximum Gasteiger partial charge on any atom is 0.267 e. The number of anilines is 2. The van der Waals surface area contributed by atoms with Crippen LogP contribution in [0, 0.1) is 11.6 Å². The first kappa shape index (κ1) is 22.2. The number of halogens is 2. The van der Waals surface area contributed by atoms with Crippen molar-refractivity contribution in [1.29, 1.82) is 0 Å². The van der Waals surface area contributed by atoms with E-state index in [1.807, 2.05) is 0 Å². The van der Waals surface area contributed by atoms with Gasteiger partial charge < -0.3 is 10.4 Å². The first-order valence-electron chi connectivity index (χ1n) is 9.00. The number of amides is 1. The molecular weight excluding hydrogens is 430 g/mol. The molecular formula is C20H18F2N4O4S. The normalized spacial score (nSPS) is 11.2. The van der Waals surface area contributed by atoms with E-state index in [-0.39, 0.29) is 18.1 Å². The zero-order valence-electron chi connectivity index (χ0n) is 16.3. The van der Waals surface area contributed by atoms with Crippen LogP contribution in [0.15, 0.2) is 59.9 Å². The lowest BCUT2D eigenvalue weighted by Gasteiger charge is -2.24. The first-order chi connectivity index (χ1) is 14.7. The summed E-state index contributed by atoms with van der Waals surface area (Å²) < 4.78 is 54.3. The van der Waals surface area contributed by atoms with Crippen molar-refractivity contribution < 1.29 is 27.1 Å². The number of aliphatic hydroxyl groups excluding tert-OH is 1. The van der Waals surface area contributed by atoms with Crippen molar-refractivity contribution >= 4 is 27.4 Å². The van der Waals surface area contributed by atoms with E-state index in [4.69, 9.17) is 0 Å². The summed E-state index contributed by atoms with van der Waals surface area (Å²) in [6, 6.07) is 6.82. The van der Waals surface area contributed by atoms with E-state index in [0.29, 0.717) is 23.0 Å². The highest BCUT2D eigenvalue weighted by atomic mass is 32.2. The average Bonchev–Trinajstić information content (AvgIpc) is 2.71. The number of benzene rings is 1. The van der Waals surface area contributed by atoms with Gasteiger partial charge in [-0.1, -0.05) is 0 Å². The summed E-state index contributed by atoms with van der Waals surface area (Å²) in [6.07, 6.45) is 4.18. The van der Waals surface area contributed by atoms with Crippen LogP contribution in [-0.2, 0) is 14.8 Å². The van der Waals surface area contributed by atoms with Crippen LogP contribution in [0.4, 0.5) is 20.3 Å². The van der Waals surface area contributed by atoms with E-state index in [1.165, 1.54) is 31.6 Å². The van der Waals surface area contributed by atoms with Gasteiger partial charge in [-0.25, -0.2) is 22.2 Å². The Morgan fingerprint density at radius 1 is 1.13 bits per heavy atom. The summed E-state index contributed by atoms with van der Waals surface area (Å²) >= 11 is 0. The van der Waals surface area contributed by atoms with Crippen molar-refractivity contribution in [2.24, 2.45) is 0 Å². The Morgan fingerprint density at radius 3 is 2.58 bits per heavy atom. The summed E-state index contributed by atoms with van der Waals surface area (Å²) in [4.78, 5) is 18.6. The number of hydrogen-bond donors (Lipinski definition) is 2. The Labute approximate surface area is 177 Å². The molecule has 1 aromatic carbocycles. The largest absolute Gasteiger partial charge is 0.394 e. The third-order valence-corrected chi connectivity index (χ3v) is 6.03. The van der Waals surface area contributed by atoms with E-state index in [1.54, 1.807) is 12.1 Å². The predicted molar refractivity (Wildman–Crippen MR) is 110 cm³/mol. The Kier molecular flexibility index (Phi) is 6.56. The van der Waals surface area contributed by atoms with Crippen molar-refractivity contribution in [3.8, 4) is 11.1 Å².